The molecule has 0 atom stereocenters. The van der Waals surface area contributed by atoms with Gasteiger partial charge in [0.25, 0.3) is 0 Å². The van der Waals surface area contributed by atoms with Crippen LogP contribution in [0.25, 0.3) is 0 Å². The molecule has 1 aliphatic carbocycles. The molecule has 100 valence electrons. The SMILES string of the molecule is CC(C)(NC(=O)C1(N)CCCCC1)c1nccs1. The van der Waals surface area contributed by atoms with E-state index >= 15 is 0 Å². The highest BCUT2D eigenvalue weighted by atomic mass is 32.1. The van der Waals surface area contributed by atoms with Gasteiger partial charge in [-0.3, -0.25) is 4.79 Å². The van der Waals surface area contributed by atoms with E-state index in [1.165, 1.54) is 6.42 Å². The van der Waals surface area contributed by atoms with Gasteiger partial charge in [-0.2, -0.15) is 0 Å². The summed E-state index contributed by atoms with van der Waals surface area (Å²) in [6.45, 7) is 3.94. The molecule has 0 spiro atoms. The van der Waals surface area contributed by atoms with Gasteiger partial charge in [0.1, 0.15) is 5.01 Å². The van der Waals surface area contributed by atoms with Crippen molar-refractivity contribution in [2.45, 2.75) is 57.0 Å². The van der Waals surface area contributed by atoms with Gasteiger partial charge in [-0.1, -0.05) is 19.3 Å². The third-order valence-corrected chi connectivity index (χ3v) is 4.69. The van der Waals surface area contributed by atoms with Gasteiger partial charge in [-0.25, -0.2) is 4.98 Å². The molecule has 4 nitrogen and oxygen atoms in total. The summed E-state index contributed by atoms with van der Waals surface area (Å²) < 4.78 is 0. The zero-order valence-electron chi connectivity index (χ0n) is 11.0. The van der Waals surface area contributed by atoms with Gasteiger partial charge < -0.3 is 11.1 Å². The van der Waals surface area contributed by atoms with Crippen LogP contribution in [0.2, 0.25) is 0 Å². The Balaban J connectivity index is 2.06. The zero-order valence-corrected chi connectivity index (χ0v) is 11.8. The molecule has 0 radical (unpaired) electrons. The van der Waals surface area contributed by atoms with Crippen molar-refractivity contribution in [2.75, 3.05) is 0 Å². The van der Waals surface area contributed by atoms with E-state index in [0.29, 0.717) is 0 Å². The molecule has 0 aliphatic heterocycles. The highest BCUT2D eigenvalue weighted by molar-refractivity contribution is 7.09. The Morgan fingerprint density at radius 2 is 2.11 bits per heavy atom. The Morgan fingerprint density at radius 3 is 2.67 bits per heavy atom. The van der Waals surface area contributed by atoms with Crippen LogP contribution in [0.4, 0.5) is 0 Å². The van der Waals surface area contributed by atoms with E-state index in [9.17, 15) is 4.79 Å². The fraction of sp³-hybridized carbons (Fsp3) is 0.692. The first-order valence-electron chi connectivity index (χ1n) is 6.45. The van der Waals surface area contributed by atoms with Crippen molar-refractivity contribution in [1.29, 1.82) is 0 Å². The molecule has 1 aromatic heterocycles. The van der Waals surface area contributed by atoms with E-state index < -0.39 is 11.1 Å². The second-order valence-corrected chi connectivity index (χ2v) is 6.53. The molecule has 0 saturated heterocycles. The van der Waals surface area contributed by atoms with Crippen molar-refractivity contribution >= 4 is 17.2 Å². The number of carbonyl (C=O) groups is 1. The van der Waals surface area contributed by atoms with Crippen LogP contribution >= 0.6 is 11.3 Å². The molecule has 1 fully saturated rings. The number of carbonyl (C=O) groups excluding carboxylic acids is 1. The van der Waals surface area contributed by atoms with Crippen LogP contribution in [0, 0.1) is 0 Å². The summed E-state index contributed by atoms with van der Waals surface area (Å²) in [5.41, 5.74) is 5.10. The average molecular weight is 267 g/mol. The number of nitrogens with two attached hydrogens (primary N) is 1. The number of rotatable bonds is 3. The highest BCUT2D eigenvalue weighted by Gasteiger charge is 2.38. The van der Waals surface area contributed by atoms with Gasteiger partial charge in [0.2, 0.25) is 5.91 Å². The van der Waals surface area contributed by atoms with Crippen molar-refractivity contribution in [3.63, 3.8) is 0 Å². The normalized spacial score (nSPS) is 19.5. The maximum atomic E-state index is 12.4. The summed E-state index contributed by atoms with van der Waals surface area (Å²) in [6, 6.07) is 0. The number of hydrogen-bond acceptors (Lipinski definition) is 4. The maximum absolute atomic E-state index is 12.4. The minimum Gasteiger partial charge on any atom is -0.343 e. The van der Waals surface area contributed by atoms with Gasteiger partial charge in [0.05, 0.1) is 11.1 Å². The Labute approximate surface area is 112 Å². The summed E-state index contributed by atoms with van der Waals surface area (Å²) in [5, 5.41) is 5.88. The summed E-state index contributed by atoms with van der Waals surface area (Å²) in [5.74, 6) is -0.0394. The van der Waals surface area contributed by atoms with Crippen LogP contribution in [0.3, 0.4) is 0 Å². The molecule has 1 aromatic rings. The molecule has 1 amide bonds. The molecule has 0 aromatic carbocycles. The van der Waals surface area contributed by atoms with Crippen LogP contribution in [-0.2, 0) is 10.3 Å². The van der Waals surface area contributed by atoms with Crippen molar-refractivity contribution in [1.82, 2.24) is 10.3 Å². The van der Waals surface area contributed by atoms with Gasteiger partial charge >= 0.3 is 0 Å². The lowest BCUT2D eigenvalue weighted by Gasteiger charge is -2.35. The van der Waals surface area contributed by atoms with E-state index in [-0.39, 0.29) is 5.91 Å². The van der Waals surface area contributed by atoms with Crippen LogP contribution in [0.1, 0.15) is 51.0 Å². The number of amides is 1. The van der Waals surface area contributed by atoms with Gasteiger partial charge in [0, 0.05) is 11.6 Å². The Kier molecular flexibility index (Phi) is 3.73. The lowest BCUT2D eigenvalue weighted by Crippen LogP contribution is -2.58. The Bertz CT molecular complexity index is 408. The Morgan fingerprint density at radius 1 is 1.44 bits per heavy atom. The minimum atomic E-state index is -0.688. The van der Waals surface area contributed by atoms with Crippen molar-refractivity contribution in [2.24, 2.45) is 5.73 Å². The summed E-state index contributed by atoms with van der Waals surface area (Å²) in [7, 11) is 0. The van der Waals surface area contributed by atoms with Gasteiger partial charge in [0.15, 0.2) is 0 Å². The molecule has 2 rings (SSSR count). The predicted molar refractivity (Wildman–Crippen MR) is 73.3 cm³/mol. The molecule has 0 unspecified atom stereocenters. The maximum Gasteiger partial charge on any atom is 0.240 e. The first-order valence-corrected chi connectivity index (χ1v) is 7.33. The summed E-state index contributed by atoms with van der Waals surface area (Å²) >= 11 is 1.55. The summed E-state index contributed by atoms with van der Waals surface area (Å²) in [4.78, 5) is 16.6. The van der Waals surface area contributed by atoms with Crippen LogP contribution in [0.15, 0.2) is 11.6 Å². The third kappa shape index (κ3) is 2.72. The molecule has 5 heteroatoms. The van der Waals surface area contributed by atoms with E-state index in [2.05, 4.69) is 10.3 Å². The van der Waals surface area contributed by atoms with Crippen LogP contribution in [-0.4, -0.2) is 16.4 Å². The second-order valence-electron chi connectivity index (χ2n) is 5.63. The number of thiazole rings is 1. The van der Waals surface area contributed by atoms with Crippen molar-refractivity contribution in [3.8, 4) is 0 Å². The monoisotopic (exact) mass is 267 g/mol. The molecule has 0 bridgehead atoms. The van der Waals surface area contributed by atoms with E-state index in [1.807, 2.05) is 19.2 Å². The smallest absolute Gasteiger partial charge is 0.240 e. The Hall–Kier alpha value is -0.940. The standard InChI is InChI=1S/C13H21N3OS/c1-12(2,11-15-8-9-18-11)16-10(17)13(14)6-4-3-5-7-13/h8-9H,3-7,14H2,1-2H3,(H,16,17). The molecule has 1 aliphatic rings. The topological polar surface area (TPSA) is 68.0 Å². The molecular formula is C13H21N3OS. The third-order valence-electron chi connectivity index (χ3n) is 3.59. The fourth-order valence-electron chi connectivity index (χ4n) is 2.40. The molecule has 18 heavy (non-hydrogen) atoms. The van der Waals surface area contributed by atoms with Crippen LogP contribution in [0.5, 0.6) is 0 Å². The highest BCUT2D eigenvalue weighted by Crippen LogP contribution is 2.28. The van der Waals surface area contributed by atoms with E-state index in [4.69, 9.17) is 5.73 Å². The van der Waals surface area contributed by atoms with Crippen LogP contribution < -0.4 is 11.1 Å². The second kappa shape index (κ2) is 4.97. The van der Waals surface area contributed by atoms with E-state index in [1.54, 1.807) is 17.5 Å². The minimum absolute atomic E-state index is 0.0394. The molecule has 3 N–H and O–H groups in total. The lowest BCUT2D eigenvalue weighted by atomic mass is 9.81. The number of hydrogen-bond donors (Lipinski definition) is 2. The summed E-state index contributed by atoms with van der Waals surface area (Å²) in [6.07, 6.45) is 6.59. The predicted octanol–water partition coefficient (Wildman–Crippen LogP) is 2.16. The molecular weight excluding hydrogens is 246 g/mol. The fourth-order valence-corrected chi connectivity index (χ4v) is 3.12. The molecule has 1 saturated carbocycles. The number of aromatic nitrogens is 1. The quantitative estimate of drug-likeness (QED) is 0.881. The van der Waals surface area contributed by atoms with Gasteiger partial charge in [-0.15, -0.1) is 11.3 Å². The zero-order chi connectivity index (χ0) is 13.2. The van der Waals surface area contributed by atoms with Crippen molar-refractivity contribution in [3.05, 3.63) is 16.6 Å². The lowest BCUT2D eigenvalue weighted by molar-refractivity contribution is -0.129. The average Bonchev–Trinajstić information content (AvgIpc) is 2.83. The number of nitrogens with one attached hydrogen (secondary N) is 1. The molecule has 1 heterocycles. The van der Waals surface area contributed by atoms with E-state index in [0.717, 1.165) is 30.7 Å². The van der Waals surface area contributed by atoms with Crippen molar-refractivity contribution < 1.29 is 4.79 Å². The number of nitrogens with zero attached hydrogens (tertiary/aromatic N) is 1. The first-order chi connectivity index (χ1) is 8.44. The van der Waals surface area contributed by atoms with Gasteiger partial charge in [-0.05, 0) is 26.7 Å². The largest absolute Gasteiger partial charge is 0.343 e. The first kappa shape index (κ1) is 13.5.